The standard InChI is InChI=1S/C8H10N4/c1-5-8-6(4-10-12-8)3-7(9-2)11-5/h3-4H,1-2H3,(H,9,11)(H,10,12). The summed E-state index contributed by atoms with van der Waals surface area (Å²) in [4.78, 5) is 4.31. The molecule has 0 amide bonds. The number of nitrogens with zero attached hydrogens (tertiary/aromatic N) is 2. The van der Waals surface area contributed by atoms with Gasteiger partial charge in [-0.3, -0.25) is 5.10 Å². The molecular formula is C8H10N4. The minimum absolute atomic E-state index is 0.876. The predicted molar refractivity (Wildman–Crippen MR) is 48.2 cm³/mol. The van der Waals surface area contributed by atoms with E-state index >= 15 is 0 Å². The van der Waals surface area contributed by atoms with E-state index < -0.39 is 0 Å². The third-order valence-corrected chi connectivity index (χ3v) is 1.87. The zero-order valence-electron chi connectivity index (χ0n) is 7.05. The number of anilines is 1. The average molecular weight is 162 g/mol. The van der Waals surface area contributed by atoms with Crippen LogP contribution in [0.15, 0.2) is 12.3 Å². The number of nitrogens with one attached hydrogen (secondary N) is 2. The van der Waals surface area contributed by atoms with Crippen molar-refractivity contribution in [3.63, 3.8) is 0 Å². The molecule has 2 rings (SSSR count). The maximum atomic E-state index is 4.31. The van der Waals surface area contributed by atoms with E-state index in [4.69, 9.17) is 0 Å². The van der Waals surface area contributed by atoms with E-state index in [2.05, 4.69) is 20.5 Å². The number of hydrogen-bond acceptors (Lipinski definition) is 3. The molecule has 2 aromatic rings. The second kappa shape index (κ2) is 2.48. The molecule has 2 heterocycles. The van der Waals surface area contributed by atoms with Crippen molar-refractivity contribution in [1.29, 1.82) is 0 Å². The number of aromatic nitrogens is 3. The van der Waals surface area contributed by atoms with Crippen LogP contribution in [0.5, 0.6) is 0 Å². The first-order valence-corrected chi connectivity index (χ1v) is 3.80. The van der Waals surface area contributed by atoms with Crippen molar-refractivity contribution >= 4 is 16.7 Å². The van der Waals surface area contributed by atoms with Crippen molar-refractivity contribution in [3.05, 3.63) is 18.0 Å². The van der Waals surface area contributed by atoms with Gasteiger partial charge < -0.3 is 5.32 Å². The third-order valence-electron chi connectivity index (χ3n) is 1.87. The summed E-state index contributed by atoms with van der Waals surface area (Å²) in [5, 5.41) is 10.9. The molecule has 0 aliphatic carbocycles. The van der Waals surface area contributed by atoms with Crippen LogP contribution in [-0.2, 0) is 0 Å². The second-order valence-corrected chi connectivity index (χ2v) is 2.68. The molecule has 0 saturated heterocycles. The number of hydrogen-bond donors (Lipinski definition) is 2. The summed E-state index contributed by atoms with van der Waals surface area (Å²) in [6, 6.07) is 1.96. The van der Waals surface area contributed by atoms with E-state index in [1.165, 1.54) is 0 Å². The van der Waals surface area contributed by atoms with Gasteiger partial charge in [0.05, 0.1) is 17.4 Å². The summed E-state index contributed by atoms with van der Waals surface area (Å²) >= 11 is 0. The van der Waals surface area contributed by atoms with Gasteiger partial charge in [-0.05, 0) is 13.0 Å². The van der Waals surface area contributed by atoms with Crippen LogP contribution in [0.3, 0.4) is 0 Å². The molecule has 2 N–H and O–H groups in total. The van der Waals surface area contributed by atoms with Gasteiger partial charge in [0, 0.05) is 12.4 Å². The van der Waals surface area contributed by atoms with E-state index in [1.54, 1.807) is 6.20 Å². The van der Waals surface area contributed by atoms with Crippen LogP contribution in [0, 0.1) is 6.92 Å². The fourth-order valence-corrected chi connectivity index (χ4v) is 1.24. The molecule has 4 heteroatoms. The zero-order valence-corrected chi connectivity index (χ0v) is 7.05. The van der Waals surface area contributed by atoms with E-state index in [-0.39, 0.29) is 0 Å². The number of aryl methyl sites for hydroxylation is 1. The molecule has 2 aromatic heterocycles. The Morgan fingerprint density at radius 2 is 2.33 bits per heavy atom. The van der Waals surface area contributed by atoms with Crippen LogP contribution in [0.25, 0.3) is 10.9 Å². The largest absolute Gasteiger partial charge is 0.373 e. The second-order valence-electron chi connectivity index (χ2n) is 2.68. The molecule has 62 valence electrons. The summed E-state index contributed by atoms with van der Waals surface area (Å²) in [6.45, 7) is 1.96. The van der Waals surface area contributed by atoms with Gasteiger partial charge in [0.2, 0.25) is 0 Å². The van der Waals surface area contributed by atoms with Gasteiger partial charge in [0.1, 0.15) is 5.82 Å². The van der Waals surface area contributed by atoms with Crippen LogP contribution in [0.4, 0.5) is 5.82 Å². The van der Waals surface area contributed by atoms with E-state index in [0.717, 1.165) is 22.4 Å². The number of fused-ring (bicyclic) bond motifs is 1. The van der Waals surface area contributed by atoms with Gasteiger partial charge in [-0.2, -0.15) is 5.10 Å². The Bertz CT molecular complexity index is 404. The average Bonchev–Trinajstić information content (AvgIpc) is 2.52. The van der Waals surface area contributed by atoms with Gasteiger partial charge >= 0.3 is 0 Å². The summed E-state index contributed by atoms with van der Waals surface area (Å²) in [6.07, 6.45) is 1.80. The number of aromatic amines is 1. The lowest BCUT2D eigenvalue weighted by molar-refractivity contribution is 1.10. The first kappa shape index (κ1) is 7.09. The molecule has 0 spiro atoms. The normalized spacial score (nSPS) is 10.5. The number of rotatable bonds is 1. The molecule has 12 heavy (non-hydrogen) atoms. The molecule has 4 nitrogen and oxygen atoms in total. The van der Waals surface area contributed by atoms with Crippen LogP contribution in [0.2, 0.25) is 0 Å². The fraction of sp³-hybridized carbons (Fsp3) is 0.250. The Labute approximate surface area is 70.0 Å². The lowest BCUT2D eigenvalue weighted by atomic mass is 10.2. The van der Waals surface area contributed by atoms with E-state index in [9.17, 15) is 0 Å². The van der Waals surface area contributed by atoms with Gasteiger partial charge in [-0.15, -0.1) is 0 Å². The highest BCUT2D eigenvalue weighted by atomic mass is 15.1. The summed E-state index contributed by atoms with van der Waals surface area (Å²) in [5.41, 5.74) is 1.98. The highest BCUT2D eigenvalue weighted by Gasteiger charge is 2.01. The fourth-order valence-electron chi connectivity index (χ4n) is 1.24. The van der Waals surface area contributed by atoms with Gasteiger partial charge in [-0.25, -0.2) is 4.98 Å². The highest BCUT2D eigenvalue weighted by molar-refractivity contribution is 5.82. The summed E-state index contributed by atoms with van der Waals surface area (Å²) in [5.74, 6) is 0.876. The van der Waals surface area contributed by atoms with Crippen LogP contribution < -0.4 is 5.32 Å². The van der Waals surface area contributed by atoms with Gasteiger partial charge in [0.15, 0.2) is 0 Å². The topological polar surface area (TPSA) is 53.6 Å². The number of H-pyrrole nitrogens is 1. The van der Waals surface area contributed by atoms with E-state index in [0.29, 0.717) is 0 Å². The van der Waals surface area contributed by atoms with Crippen LogP contribution in [0.1, 0.15) is 5.69 Å². The summed E-state index contributed by atoms with van der Waals surface area (Å²) in [7, 11) is 1.85. The molecule has 0 radical (unpaired) electrons. The van der Waals surface area contributed by atoms with Crippen molar-refractivity contribution in [1.82, 2.24) is 15.2 Å². The lowest BCUT2D eigenvalue weighted by Crippen LogP contribution is -1.93. The highest BCUT2D eigenvalue weighted by Crippen LogP contribution is 2.16. The maximum Gasteiger partial charge on any atom is 0.126 e. The Balaban J connectivity index is 2.75. The van der Waals surface area contributed by atoms with Crippen molar-refractivity contribution in [2.45, 2.75) is 6.92 Å². The third kappa shape index (κ3) is 0.922. The van der Waals surface area contributed by atoms with Crippen LogP contribution >= 0.6 is 0 Å². The first-order valence-electron chi connectivity index (χ1n) is 3.80. The minimum Gasteiger partial charge on any atom is -0.373 e. The monoisotopic (exact) mass is 162 g/mol. The zero-order chi connectivity index (χ0) is 8.55. The molecule has 0 unspecified atom stereocenters. The lowest BCUT2D eigenvalue weighted by Gasteiger charge is -2.00. The minimum atomic E-state index is 0.876. The smallest absolute Gasteiger partial charge is 0.126 e. The maximum absolute atomic E-state index is 4.31. The Kier molecular flexibility index (Phi) is 1.46. The number of pyridine rings is 1. The molecule has 0 atom stereocenters. The van der Waals surface area contributed by atoms with Gasteiger partial charge in [0.25, 0.3) is 0 Å². The van der Waals surface area contributed by atoms with E-state index in [1.807, 2.05) is 20.0 Å². The molecule has 0 saturated carbocycles. The summed E-state index contributed by atoms with van der Waals surface area (Å²) < 4.78 is 0. The van der Waals surface area contributed by atoms with Crippen molar-refractivity contribution in [2.75, 3.05) is 12.4 Å². The molecule has 0 aliphatic heterocycles. The van der Waals surface area contributed by atoms with Crippen molar-refractivity contribution in [3.8, 4) is 0 Å². The quantitative estimate of drug-likeness (QED) is 0.664. The molecular weight excluding hydrogens is 152 g/mol. The Morgan fingerprint density at radius 3 is 3.08 bits per heavy atom. The van der Waals surface area contributed by atoms with Crippen LogP contribution in [-0.4, -0.2) is 22.2 Å². The van der Waals surface area contributed by atoms with Crippen molar-refractivity contribution in [2.24, 2.45) is 0 Å². The predicted octanol–water partition coefficient (Wildman–Crippen LogP) is 1.31. The Morgan fingerprint density at radius 1 is 1.50 bits per heavy atom. The SMILES string of the molecule is CNc1cc2cn[nH]c2c(C)n1. The first-order chi connectivity index (χ1) is 5.81. The molecule has 0 bridgehead atoms. The molecule has 0 fully saturated rings. The Hall–Kier alpha value is -1.58. The van der Waals surface area contributed by atoms with Gasteiger partial charge in [-0.1, -0.05) is 0 Å². The molecule has 0 aliphatic rings. The van der Waals surface area contributed by atoms with Crippen molar-refractivity contribution < 1.29 is 0 Å². The molecule has 0 aromatic carbocycles.